The SMILES string of the molecule is N[C@H]1CS(=O)(=O)c2ccc(C(=O)COC3CCCCC3)cc2N(Cc2ccc(Cl)cc2)C1=O. The minimum Gasteiger partial charge on any atom is -0.370 e. The van der Waals surface area contributed by atoms with Crippen LogP contribution in [0.5, 0.6) is 0 Å². The zero-order chi connectivity index (χ0) is 23.6. The number of carbonyl (C=O) groups excluding carboxylic acids is 2. The average molecular weight is 491 g/mol. The van der Waals surface area contributed by atoms with Crippen LogP contribution < -0.4 is 10.6 Å². The molecule has 1 amide bonds. The van der Waals surface area contributed by atoms with Crippen LogP contribution in [0.4, 0.5) is 5.69 Å². The second-order valence-electron chi connectivity index (χ2n) is 8.62. The van der Waals surface area contributed by atoms with Crippen LogP contribution in [0.1, 0.15) is 48.0 Å². The van der Waals surface area contributed by atoms with Gasteiger partial charge in [0.1, 0.15) is 6.61 Å². The summed E-state index contributed by atoms with van der Waals surface area (Å²) in [6.07, 6.45) is 5.33. The van der Waals surface area contributed by atoms with Crippen molar-refractivity contribution >= 4 is 38.8 Å². The summed E-state index contributed by atoms with van der Waals surface area (Å²) < 4.78 is 31.6. The van der Waals surface area contributed by atoms with E-state index in [1.54, 1.807) is 24.3 Å². The Kier molecular flexibility index (Phi) is 7.19. The van der Waals surface area contributed by atoms with Crippen molar-refractivity contribution in [2.75, 3.05) is 17.3 Å². The van der Waals surface area contributed by atoms with Crippen molar-refractivity contribution in [1.29, 1.82) is 0 Å². The first-order chi connectivity index (χ1) is 15.7. The third kappa shape index (κ3) is 5.46. The molecule has 33 heavy (non-hydrogen) atoms. The van der Waals surface area contributed by atoms with Gasteiger partial charge in [-0.3, -0.25) is 9.59 Å². The molecule has 1 fully saturated rings. The lowest BCUT2D eigenvalue weighted by molar-refractivity contribution is -0.119. The number of rotatable bonds is 6. The number of sulfone groups is 1. The van der Waals surface area contributed by atoms with Gasteiger partial charge >= 0.3 is 0 Å². The number of nitrogens with two attached hydrogens (primary N) is 1. The molecular weight excluding hydrogens is 464 g/mol. The van der Waals surface area contributed by atoms with Crippen LogP contribution in [0.15, 0.2) is 47.4 Å². The third-order valence-electron chi connectivity index (χ3n) is 6.15. The van der Waals surface area contributed by atoms with Gasteiger partial charge in [-0.1, -0.05) is 43.0 Å². The first-order valence-corrected chi connectivity index (χ1v) is 13.1. The molecule has 7 nitrogen and oxygen atoms in total. The highest BCUT2D eigenvalue weighted by Gasteiger charge is 2.36. The third-order valence-corrected chi connectivity index (χ3v) is 8.21. The van der Waals surface area contributed by atoms with Crippen LogP contribution in [-0.4, -0.2) is 44.6 Å². The van der Waals surface area contributed by atoms with E-state index in [2.05, 4.69) is 0 Å². The fraction of sp³-hybridized carbons (Fsp3) is 0.417. The molecule has 1 saturated carbocycles. The first kappa shape index (κ1) is 23.9. The van der Waals surface area contributed by atoms with Crippen LogP contribution in [0.3, 0.4) is 0 Å². The van der Waals surface area contributed by atoms with E-state index in [-0.39, 0.29) is 35.6 Å². The summed E-state index contributed by atoms with van der Waals surface area (Å²) in [7, 11) is -3.82. The number of ether oxygens (including phenoxy) is 1. The van der Waals surface area contributed by atoms with E-state index >= 15 is 0 Å². The Hall–Kier alpha value is -2.26. The van der Waals surface area contributed by atoms with Crippen LogP contribution in [0, 0.1) is 0 Å². The molecule has 4 rings (SSSR count). The summed E-state index contributed by atoms with van der Waals surface area (Å²) in [5.74, 6) is -1.27. The topological polar surface area (TPSA) is 107 Å². The van der Waals surface area contributed by atoms with Crippen LogP contribution >= 0.6 is 11.6 Å². The second-order valence-corrected chi connectivity index (χ2v) is 11.1. The Morgan fingerprint density at radius 1 is 1.09 bits per heavy atom. The number of carbonyl (C=O) groups is 2. The van der Waals surface area contributed by atoms with Crippen LogP contribution in [0.25, 0.3) is 0 Å². The number of hydrogen-bond donors (Lipinski definition) is 1. The number of Topliss-reactive ketones (excluding diaryl/α,β-unsaturated/α-hetero) is 1. The van der Waals surface area contributed by atoms with E-state index < -0.39 is 27.5 Å². The Balaban J connectivity index is 1.66. The van der Waals surface area contributed by atoms with E-state index in [0.29, 0.717) is 10.6 Å². The van der Waals surface area contributed by atoms with Gasteiger partial charge in [0.05, 0.1) is 35.0 Å². The lowest BCUT2D eigenvalue weighted by Gasteiger charge is -2.25. The van der Waals surface area contributed by atoms with Gasteiger partial charge in [-0.15, -0.1) is 0 Å². The van der Waals surface area contributed by atoms with Crippen molar-refractivity contribution in [3.05, 3.63) is 58.6 Å². The van der Waals surface area contributed by atoms with Crippen molar-refractivity contribution in [1.82, 2.24) is 0 Å². The van der Waals surface area contributed by atoms with Gasteiger partial charge in [0, 0.05) is 10.6 Å². The predicted molar refractivity (Wildman–Crippen MR) is 126 cm³/mol. The molecule has 1 aliphatic carbocycles. The van der Waals surface area contributed by atoms with E-state index in [1.807, 2.05) is 0 Å². The molecular formula is C24H27ClN2O5S. The second kappa shape index (κ2) is 9.93. The quantitative estimate of drug-likeness (QED) is 0.621. The molecule has 0 bridgehead atoms. The van der Waals surface area contributed by atoms with Gasteiger partial charge in [-0.25, -0.2) is 8.42 Å². The van der Waals surface area contributed by atoms with Gasteiger partial charge in [0.25, 0.3) is 0 Å². The van der Waals surface area contributed by atoms with Gasteiger partial charge in [0.2, 0.25) is 5.91 Å². The average Bonchev–Trinajstić information content (AvgIpc) is 2.87. The summed E-state index contributed by atoms with van der Waals surface area (Å²) in [5.41, 5.74) is 7.16. The van der Waals surface area contributed by atoms with Crippen molar-refractivity contribution < 1.29 is 22.7 Å². The van der Waals surface area contributed by atoms with Crippen molar-refractivity contribution in [3.8, 4) is 0 Å². The van der Waals surface area contributed by atoms with Crippen LogP contribution in [0.2, 0.25) is 5.02 Å². The number of anilines is 1. The van der Waals surface area contributed by atoms with E-state index in [4.69, 9.17) is 22.1 Å². The maximum Gasteiger partial charge on any atom is 0.245 e. The zero-order valence-corrected chi connectivity index (χ0v) is 19.8. The number of amides is 1. The number of fused-ring (bicyclic) bond motifs is 1. The Morgan fingerprint density at radius 2 is 1.79 bits per heavy atom. The highest BCUT2D eigenvalue weighted by Crippen LogP contribution is 2.33. The molecule has 2 aromatic rings. The van der Waals surface area contributed by atoms with Gasteiger partial charge in [0.15, 0.2) is 15.6 Å². The largest absolute Gasteiger partial charge is 0.370 e. The monoisotopic (exact) mass is 490 g/mol. The number of hydrogen-bond acceptors (Lipinski definition) is 6. The van der Waals surface area contributed by atoms with Crippen LogP contribution in [-0.2, 0) is 25.9 Å². The predicted octanol–water partition coefficient (Wildman–Crippen LogP) is 3.52. The van der Waals surface area contributed by atoms with Crippen molar-refractivity contribution in [2.45, 2.75) is 55.7 Å². The summed E-state index contributed by atoms with van der Waals surface area (Å²) in [6, 6.07) is 10.0. The maximum absolute atomic E-state index is 13.1. The lowest BCUT2D eigenvalue weighted by atomic mass is 9.98. The Morgan fingerprint density at radius 3 is 2.48 bits per heavy atom. The zero-order valence-electron chi connectivity index (χ0n) is 18.2. The molecule has 0 radical (unpaired) electrons. The normalized spacial score (nSPS) is 20.8. The molecule has 1 aliphatic heterocycles. The minimum absolute atomic E-state index is 0.0116. The summed E-state index contributed by atoms with van der Waals surface area (Å²) in [6.45, 7) is 0.0172. The van der Waals surface area contributed by atoms with Crippen molar-refractivity contribution in [2.24, 2.45) is 5.73 Å². The summed E-state index contributed by atoms with van der Waals surface area (Å²) in [4.78, 5) is 27.3. The highest BCUT2D eigenvalue weighted by atomic mass is 35.5. The number of nitrogens with zero attached hydrogens (tertiary/aromatic N) is 1. The first-order valence-electron chi connectivity index (χ1n) is 11.1. The molecule has 2 aliphatic rings. The number of ketones is 1. The Labute approximate surface area is 198 Å². The molecule has 0 saturated heterocycles. The summed E-state index contributed by atoms with van der Waals surface area (Å²) in [5, 5.41) is 0.548. The van der Waals surface area contributed by atoms with E-state index in [9.17, 15) is 18.0 Å². The number of benzene rings is 2. The smallest absolute Gasteiger partial charge is 0.245 e. The minimum atomic E-state index is -3.82. The molecule has 176 valence electrons. The molecule has 1 atom stereocenters. The highest BCUT2D eigenvalue weighted by molar-refractivity contribution is 7.91. The van der Waals surface area contributed by atoms with Gasteiger partial charge in [-0.2, -0.15) is 0 Å². The molecule has 0 unspecified atom stereocenters. The van der Waals surface area contributed by atoms with Crippen molar-refractivity contribution in [3.63, 3.8) is 0 Å². The number of halogens is 1. The lowest BCUT2D eigenvalue weighted by Crippen LogP contribution is -2.45. The molecule has 1 heterocycles. The molecule has 0 aromatic heterocycles. The van der Waals surface area contributed by atoms with Gasteiger partial charge < -0.3 is 15.4 Å². The molecule has 0 spiro atoms. The maximum atomic E-state index is 13.1. The fourth-order valence-electron chi connectivity index (χ4n) is 4.33. The molecule has 9 heteroatoms. The summed E-state index contributed by atoms with van der Waals surface area (Å²) >= 11 is 5.96. The van der Waals surface area contributed by atoms with Gasteiger partial charge in [-0.05, 0) is 48.7 Å². The fourth-order valence-corrected chi connectivity index (χ4v) is 6.01. The molecule has 2 N–H and O–H groups in total. The standard InChI is InChI=1S/C24H27ClN2O5S/c25-18-9-6-16(7-10-18)13-27-21-12-17(22(28)14-32-19-4-2-1-3-5-19)8-11-23(21)33(30,31)15-20(26)24(27)29/h6-12,19-20H,1-5,13-15,26H2/t20-/m0/s1. The Bertz CT molecular complexity index is 1140. The molecule has 2 aromatic carbocycles. The van der Waals surface area contributed by atoms with E-state index in [0.717, 1.165) is 31.2 Å². The van der Waals surface area contributed by atoms with E-state index in [1.165, 1.54) is 29.5 Å².